The van der Waals surface area contributed by atoms with E-state index in [4.69, 9.17) is 0 Å². The number of rotatable bonds is 3. The molecule has 0 heterocycles. The highest BCUT2D eigenvalue weighted by molar-refractivity contribution is 7.78. The monoisotopic (exact) mass is 133 g/mol. The van der Waals surface area contributed by atoms with Crippen LogP contribution in [-0.2, 0) is 0 Å². The van der Waals surface area contributed by atoms with Gasteiger partial charge in [0.05, 0.1) is 0 Å². The van der Waals surface area contributed by atoms with Gasteiger partial charge >= 0.3 is 0 Å². The van der Waals surface area contributed by atoms with E-state index in [0.29, 0.717) is 0 Å². The van der Waals surface area contributed by atoms with Crippen molar-refractivity contribution < 1.29 is 0 Å². The second kappa shape index (κ2) is 4.93. The molecule has 48 valence electrons. The number of thiol groups is 1. The summed E-state index contributed by atoms with van der Waals surface area (Å²) in [6.45, 7) is 2.76. The summed E-state index contributed by atoms with van der Waals surface area (Å²) in [6, 6.07) is 0. The fourth-order valence-electron chi connectivity index (χ4n) is 0.217. The van der Waals surface area contributed by atoms with E-state index in [2.05, 4.69) is 23.2 Å². The van der Waals surface area contributed by atoms with E-state index >= 15 is 0 Å². The van der Waals surface area contributed by atoms with Crippen LogP contribution < -0.4 is 5.43 Å². The number of nitrogens with one attached hydrogen (secondary N) is 1. The van der Waals surface area contributed by atoms with Crippen LogP contribution in [0.5, 0.6) is 0 Å². The number of aliphatic imine (C=N–C) groups is 1. The molecule has 0 spiro atoms. The summed E-state index contributed by atoms with van der Waals surface area (Å²) in [5, 5.41) is 0. The smallest absolute Gasteiger partial charge is 0.111 e. The Bertz CT molecular complexity index is 73.7. The fraction of sp³-hybridized carbons (Fsp3) is 0.750. The number of hydrogen-bond acceptors (Lipinski definition) is 3. The predicted molar refractivity (Wildman–Crippen MR) is 38.9 cm³/mol. The molecule has 3 nitrogen and oxygen atoms in total. The van der Waals surface area contributed by atoms with Crippen molar-refractivity contribution in [3.05, 3.63) is 0 Å². The van der Waals surface area contributed by atoms with E-state index in [0.717, 1.165) is 6.54 Å². The van der Waals surface area contributed by atoms with Gasteiger partial charge in [-0.15, -0.1) is 0 Å². The van der Waals surface area contributed by atoms with Gasteiger partial charge in [-0.25, -0.2) is 9.84 Å². The van der Waals surface area contributed by atoms with Gasteiger partial charge in [0.2, 0.25) is 0 Å². The molecule has 0 saturated carbocycles. The first-order chi connectivity index (χ1) is 3.81. The van der Waals surface area contributed by atoms with Gasteiger partial charge in [0.1, 0.15) is 6.34 Å². The molecule has 1 N–H and O–H groups in total. The maximum Gasteiger partial charge on any atom is 0.111 e. The first kappa shape index (κ1) is 7.78. The predicted octanol–water partition coefficient (Wildman–Crippen LogP) is 0.316. The van der Waals surface area contributed by atoms with Crippen LogP contribution in [-0.4, -0.2) is 24.3 Å². The van der Waals surface area contributed by atoms with Gasteiger partial charge in [0.25, 0.3) is 0 Å². The molecule has 8 heavy (non-hydrogen) atoms. The highest BCUT2D eigenvalue weighted by Crippen LogP contribution is 1.77. The summed E-state index contributed by atoms with van der Waals surface area (Å²) < 4.78 is 1.49. The quantitative estimate of drug-likeness (QED) is 0.251. The second-order valence-corrected chi connectivity index (χ2v) is 1.61. The third-order valence-corrected chi connectivity index (χ3v) is 0.906. The van der Waals surface area contributed by atoms with E-state index in [-0.39, 0.29) is 0 Å². The molecular formula is C4H11N3S. The lowest BCUT2D eigenvalue weighted by Gasteiger charge is -2.06. The van der Waals surface area contributed by atoms with Gasteiger partial charge in [-0.05, 0) is 19.7 Å². The number of nitrogens with zero attached hydrogens (tertiary/aromatic N) is 2. The minimum absolute atomic E-state index is 0.790. The Morgan fingerprint density at radius 3 is 2.88 bits per heavy atom. The lowest BCUT2D eigenvalue weighted by molar-refractivity contribution is 0.573. The van der Waals surface area contributed by atoms with E-state index in [1.807, 2.05) is 6.92 Å². The van der Waals surface area contributed by atoms with Gasteiger partial charge in [-0.2, -0.15) is 0 Å². The molecule has 0 aromatic heterocycles. The van der Waals surface area contributed by atoms with E-state index in [1.165, 1.54) is 4.41 Å². The molecule has 0 aliphatic rings. The molecule has 0 aliphatic carbocycles. The lowest BCUT2D eigenvalue weighted by Crippen LogP contribution is -2.23. The molecule has 0 atom stereocenters. The minimum atomic E-state index is 0.790. The molecule has 0 aliphatic heterocycles. The van der Waals surface area contributed by atoms with Crippen molar-refractivity contribution in [3.8, 4) is 0 Å². The van der Waals surface area contributed by atoms with Crippen molar-refractivity contribution in [1.29, 1.82) is 0 Å². The summed E-state index contributed by atoms with van der Waals surface area (Å²) in [5.74, 6) is 0. The Balaban J connectivity index is 3.21. The zero-order chi connectivity index (χ0) is 6.41. The molecule has 0 amide bonds. The molecule has 4 heteroatoms. The fourth-order valence-corrected chi connectivity index (χ4v) is 0.290. The second-order valence-electron chi connectivity index (χ2n) is 1.18. The average molecular weight is 133 g/mol. The summed E-state index contributed by atoms with van der Waals surface area (Å²) in [6.07, 6.45) is 1.61. The maximum absolute atomic E-state index is 3.94. The molecule has 0 fully saturated rings. The highest BCUT2D eigenvalue weighted by Gasteiger charge is 1.79. The van der Waals surface area contributed by atoms with Gasteiger partial charge in [0.15, 0.2) is 0 Å². The van der Waals surface area contributed by atoms with Crippen LogP contribution in [0.1, 0.15) is 6.92 Å². The number of hydrazine groups is 1. The van der Waals surface area contributed by atoms with Crippen molar-refractivity contribution in [2.24, 2.45) is 4.99 Å². The zero-order valence-electron chi connectivity index (χ0n) is 5.13. The van der Waals surface area contributed by atoms with E-state index in [1.54, 1.807) is 13.4 Å². The molecular weight excluding hydrogens is 122 g/mol. The molecule has 0 radical (unpaired) electrons. The van der Waals surface area contributed by atoms with E-state index < -0.39 is 0 Å². The number of hydrogen-bond donors (Lipinski definition) is 2. The average Bonchev–Trinajstić information content (AvgIpc) is 1.83. The largest absolute Gasteiger partial charge is 0.274 e. The van der Waals surface area contributed by atoms with Crippen molar-refractivity contribution >= 4 is 19.2 Å². The van der Waals surface area contributed by atoms with Crippen LogP contribution in [0.25, 0.3) is 0 Å². The molecule has 0 unspecified atom stereocenters. The van der Waals surface area contributed by atoms with Crippen LogP contribution in [0.4, 0.5) is 0 Å². The molecule has 0 rings (SSSR count). The third kappa shape index (κ3) is 3.95. The Hall–Kier alpha value is -0.220. The van der Waals surface area contributed by atoms with Crippen molar-refractivity contribution in [2.75, 3.05) is 13.6 Å². The topological polar surface area (TPSA) is 27.6 Å². The van der Waals surface area contributed by atoms with Crippen LogP contribution in [0.15, 0.2) is 4.99 Å². The first-order valence-corrected chi connectivity index (χ1v) is 2.86. The minimum Gasteiger partial charge on any atom is -0.274 e. The molecule has 0 saturated heterocycles. The lowest BCUT2D eigenvalue weighted by atomic mass is 10.8. The van der Waals surface area contributed by atoms with Crippen LogP contribution in [0.3, 0.4) is 0 Å². The molecule has 0 bridgehead atoms. The molecule has 0 aromatic rings. The Labute approximate surface area is 55.3 Å². The van der Waals surface area contributed by atoms with Gasteiger partial charge < -0.3 is 0 Å². The van der Waals surface area contributed by atoms with Gasteiger partial charge in [-0.3, -0.25) is 4.99 Å². The van der Waals surface area contributed by atoms with Crippen LogP contribution in [0, 0.1) is 0 Å². The Kier molecular flexibility index (Phi) is 4.79. The standard InChI is InChI=1S/C4H11N3S/c1-3-6-4-7(8)5-2/h4-5,8H,3H2,1-2H3/b6-4-. The van der Waals surface area contributed by atoms with Crippen LogP contribution in [0.2, 0.25) is 0 Å². The van der Waals surface area contributed by atoms with Crippen molar-refractivity contribution in [2.45, 2.75) is 6.92 Å². The summed E-state index contributed by atoms with van der Waals surface area (Å²) >= 11 is 3.94. The van der Waals surface area contributed by atoms with E-state index in [9.17, 15) is 0 Å². The Morgan fingerprint density at radius 1 is 1.88 bits per heavy atom. The zero-order valence-corrected chi connectivity index (χ0v) is 6.02. The first-order valence-electron chi connectivity index (χ1n) is 2.46. The molecule has 0 aromatic carbocycles. The third-order valence-electron chi connectivity index (χ3n) is 0.603. The maximum atomic E-state index is 3.94. The summed E-state index contributed by atoms with van der Waals surface area (Å²) in [5.41, 5.74) is 2.75. The van der Waals surface area contributed by atoms with Crippen molar-refractivity contribution in [3.63, 3.8) is 0 Å². The summed E-state index contributed by atoms with van der Waals surface area (Å²) in [4.78, 5) is 3.90. The highest BCUT2D eigenvalue weighted by atomic mass is 32.1. The summed E-state index contributed by atoms with van der Waals surface area (Å²) in [7, 11) is 1.77. The van der Waals surface area contributed by atoms with Gasteiger partial charge in [0, 0.05) is 13.6 Å². The van der Waals surface area contributed by atoms with Crippen molar-refractivity contribution in [1.82, 2.24) is 9.84 Å². The van der Waals surface area contributed by atoms with Crippen LogP contribution >= 0.6 is 12.8 Å². The Morgan fingerprint density at radius 2 is 2.50 bits per heavy atom. The normalized spacial score (nSPS) is 10.4. The SMILES string of the molecule is CC/N=C\N(S)NC. The van der Waals surface area contributed by atoms with Gasteiger partial charge in [-0.1, -0.05) is 0 Å².